The van der Waals surface area contributed by atoms with Gasteiger partial charge in [0.25, 0.3) is 5.91 Å². The SMILES string of the molecule is NC(=O)c1ncccc1-c1ccc(Br)c(F)c1. The minimum absolute atomic E-state index is 0.134. The summed E-state index contributed by atoms with van der Waals surface area (Å²) >= 11 is 3.07. The molecule has 0 saturated heterocycles. The Morgan fingerprint density at radius 2 is 2.12 bits per heavy atom. The van der Waals surface area contributed by atoms with E-state index in [1.165, 1.54) is 12.3 Å². The van der Waals surface area contributed by atoms with Crippen LogP contribution in [0.25, 0.3) is 11.1 Å². The van der Waals surface area contributed by atoms with E-state index in [1.54, 1.807) is 24.3 Å². The van der Waals surface area contributed by atoms with Crippen molar-refractivity contribution in [2.75, 3.05) is 0 Å². The minimum Gasteiger partial charge on any atom is -0.364 e. The Labute approximate surface area is 106 Å². The number of carbonyl (C=O) groups is 1. The molecule has 0 fully saturated rings. The average molecular weight is 295 g/mol. The van der Waals surface area contributed by atoms with Crippen LogP contribution in [0.1, 0.15) is 10.5 Å². The highest BCUT2D eigenvalue weighted by Crippen LogP contribution is 2.26. The van der Waals surface area contributed by atoms with Crippen molar-refractivity contribution >= 4 is 21.8 Å². The molecular formula is C12H8BrFN2O. The van der Waals surface area contributed by atoms with Crippen molar-refractivity contribution in [3.63, 3.8) is 0 Å². The number of primary amides is 1. The fourth-order valence-electron chi connectivity index (χ4n) is 1.50. The van der Waals surface area contributed by atoms with Crippen LogP contribution in [0.4, 0.5) is 4.39 Å². The van der Waals surface area contributed by atoms with Crippen LogP contribution in [0.5, 0.6) is 0 Å². The van der Waals surface area contributed by atoms with Gasteiger partial charge in [0.15, 0.2) is 0 Å². The lowest BCUT2D eigenvalue weighted by atomic mass is 10.0. The zero-order valence-corrected chi connectivity index (χ0v) is 10.2. The van der Waals surface area contributed by atoms with Gasteiger partial charge in [-0.2, -0.15) is 0 Å². The molecule has 0 spiro atoms. The van der Waals surface area contributed by atoms with Crippen LogP contribution in [0.15, 0.2) is 41.0 Å². The summed E-state index contributed by atoms with van der Waals surface area (Å²) in [5.74, 6) is -1.04. The van der Waals surface area contributed by atoms with E-state index in [-0.39, 0.29) is 5.69 Å². The van der Waals surface area contributed by atoms with Gasteiger partial charge in [-0.3, -0.25) is 9.78 Å². The zero-order chi connectivity index (χ0) is 12.4. The third-order valence-corrected chi connectivity index (χ3v) is 2.91. The lowest BCUT2D eigenvalue weighted by molar-refractivity contribution is 0.0996. The second kappa shape index (κ2) is 4.63. The van der Waals surface area contributed by atoms with Gasteiger partial charge in [-0.15, -0.1) is 0 Å². The fraction of sp³-hybridized carbons (Fsp3) is 0. The summed E-state index contributed by atoms with van der Waals surface area (Å²) in [4.78, 5) is 15.1. The van der Waals surface area contributed by atoms with Gasteiger partial charge >= 0.3 is 0 Å². The number of benzene rings is 1. The Bertz CT molecular complexity index is 586. The lowest BCUT2D eigenvalue weighted by Crippen LogP contribution is -2.14. The Morgan fingerprint density at radius 3 is 2.76 bits per heavy atom. The monoisotopic (exact) mass is 294 g/mol. The van der Waals surface area contributed by atoms with Crippen LogP contribution in [-0.2, 0) is 0 Å². The van der Waals surface area contributed by atoms with Crippen LogP contribution in [0.2, 0.25) is 0 Å². The molecular weight excluding hydrogens is 287 g/mol. The number of aromatic nitrogens is 1. The van der Waals surface area contributed by atoms with Gasteiger partial charge in [-0.05, 0) is 39.7 Å². The van der Waals surface area contributed by atoms with E-state index in [2.05, 4.69) is 20.9 Å². The molecule has 0 aliphatic heterocycles. The van der Waals surface area contributed by atoms with Crippen molar-refractivity contribution in [2.45, 2.75) is 0 Å². The molecule has 2 aromatic rings. The smallest absolute Gasteiger partial charge is 0.267 e. The van der Waals surface area contributed by atoms with Crippen LogP contribution in [0, 0.1) is 5.82 Å². The molecule has 0 saturated carbocycles. The van der Waals surface area contributed by atoms with Gasteiger partial charge in [-0.1, -0.05) is 12.1 Å². The Hall–Kier alpha value is -1.75. The highest BCUT2D eigenvalue weighted by Gasteiger charge is 2.12. The summed E-state index contributed by atoms with van der Waals surface area (Å²) in [7, 11) is 0. The molecule has 2 rings (SSSR count). The average Bonchev–Trinajstić information content (AvgIpc) is 2.32. The largest absolute Gasteiger partial charge is 0.364 e. The van der Waals surface area contributed by atoms with Crippen molar-refractivity contribution < 1.29 is 9.18 Å². The highest BCUT2D eigenvalue weighted by molar-refractivity contribution is 9.10. The maximum atomic E-state index is 13.4. The Balaban J connectivity index is 2.60. The molecule has 86 valence electrons. The standard InChI is InChI=1S/C12H8BrFN2O/c13-9-4-3-7(6-10(9)14)8-2-1-5-16-11(8)12(15)17/h1-6H,(H2,15,17). The second-order valence-corrected chi connectivity index (χ2v) is 4.25. The predicted molar refractivity (Wildman–Crippen MR) is 65.8 cm³/mol. The number of hydrogen-bond acceptors (Lipinski definition) is 2. The molecule has 1 aromatic heterocycles. The Kier molecular flexibility index (Phi) is 3.19. The molecule has 0 atom stereocenters. The molecule has 1 amide bonds. The van der Waals surface area contributed by atoms with Gasteiger partial charge < -0.3 is 5.73 Å². The van der Waals surface area contributed by atoms with Gasteiger partial charge in [0.2, 0.25) is 0 Å². The minimum atomic E-state index is -0.635. The van der Waals surface area contributed by atoms with Crippen molar-refractivity contribution in [3.8, 4) is 11.1 Å². The number of amides is 1. The van der Waals surface area contributed by atoms with E-state index in [1.807, 2.05) is 0 Å². The molecule has 0 unspecified atom stereocenters. The fourth-order valence-corrected chi connectivity index (χ4v) is 1.74. The molecule has 3 nitrogen and oxygen atoms in total. The molecule has 0 aliphatic carbocycles. The van der Waals surface area contributed by atoms with E-state index in [9.17, 15) is 9.18 Å². The lowest BCUT2D eigenvalue weighted by Gasteiger charge is -2.06. The van der Waals surface area contributed by atoms with E-state index in [0.717, 1.165) is 0 Å². The number of nitrogens with two attached hydrogens (primary N) is 1. The Morgan fingerprint density at radius 1 is 1.35 bits per heavy atom. The summed E-state index contributed by atoms with van der Waals surface area (Å²) in [6, 6.07) is 7.93. The highest BCUT2D eigenvalue weighted by atomic mass is 79.9. The molecule has 0 radical (unpaired) electrons. The van der Waals surface area contributed by atoms with Crippen LogP contribution < -0.4 is 5.73 Å². The number of carbonyl (C=O) groups excluding carboxylic acids is 1. The zero-order valence-electron chi connectivity index (χ0n) is 8.65. The van der Waals surface area contributed by atoms with E-state index in [0.29, 0.717) is 15.6 Å². The number of hydrogen-bond donors (Lipinski definition) is 1. The number of nitrogens with zero attached hydrogens (tertiary/aromatic N) is 1. The van der Waals surface area contributed by atoms with Gasteiger partial charge in [-0.25, -0.2) is 4.39 Å². The van der Waals surface area contributed by atoms with Crippen molar-refractivity contribution in [3.05, 3.63) is 52.5 Å². The summed E-state index contributed by atoms with van der Waals surface area (Å²) in [5.41, 5.74) is 6.43. The van der Waals surface area contributed by atoms with Crippen LogP contribution in [0.3, 0.4) is 0 Å². The molecule has 0 bridgehead atoms. The first-order valence-corrected chi connectivity index (χ1v) is 5.59. The third-order valence-electron chi connectivity index (χ3n) is 2.27. The summed E-state index contributed by atoms with van der Waals surface area (Å²) < 4.78 is 13.8. The normalized spacial score (nSPS) is 10.2. The predicted octanol–water partition coefficient (Wildman–Crippen LogP) is 2.75. The third kappa shape index (κ3) is 2.34. The second-order valence-electron chi connectivity index (χ2n) is 3.39. The van der Waals surface area contributed by atoms with Crippen LogP contribution >= 0.6 is 15.9 Å². The summed E-state index contributed by atoms with van der Waals surface area (Å²) in [5, 5.41) is 0. The topological polar surface area (TPSA) is 56.0 Å². The number of pyridine rings is 1. The molecule has 1 heterocycles. The van der Waals surface area contributed by atoms with E-state index >= 15 is 0 Å². The van der Waals surface area contributed by atoms with Crippen molar-refractivity contribution in [1.82, 2.24) is 4.98 Å². The summed E-state index contributed by atoms with van der Waals surface area (Å²) in [6.45, 7) is 0. The molecule has 0 aliphatic rings. The first-order chi connectivity index (χ1) is 8.09. The van der Waals surface area contributed by atoms with Gasteiger partial charge in [0, 0.05) is 11.8 Å². The van der Waals surface area contributed by atoms with E-state index < -0.39 is 11.7 Å². The van der Waals surface area contributed by atoms with Crippen molar-refractivity contribution in [2.24, 2.45) is 5.73 Å². The quantitative estimate of drug-likeness (QED) is 0.926. The molecule has 2 N–H and O–H groups in total. The van der Waals surface area contributed by atoms with E-state index in [4.69, 9.17) is 5.73 Å². The maximum Gasteiger partial charge on any atom is 0.267 e. The molecule has 1 aromatic carbocycles. The number of rotatable bonds is 2. The number of halogens is 2. The van der Waals surface area contributed by atoms with Gasteiger partial charge in [0.1, 0.15) is 11.5 Å². The van der Waals surface area contributed by atoms with Gasteiger partial charge in [0.05, 0.1) is 4.47 Å². The molecule has 17 heavy (non-hydrogen) atoms. The van der Waals surface area contributed by atoms with Crippen molar-refractivity contribution in [1.29, 1.82) is 0 Å². The van der Waals surface area contributed by atoms with Crippen LogP contribution in [-0.4, -0.2) is 10.9 Å². The first kappa shape index (κ1) is 11.7. The first-order valence-electron chi connectivity index (χ1n) is 4.80. The summed E-state index contributed by atoms with van der Waals surface area (Å²) in [6.07, 6.45) is 1.47. The maximum absolute atomic E-state index is 13.4. The molecule has 5 heteroatoms.